The highest BCUT2D eigenvalue weighted by Crippen LogP contribution is 2.35. The number of nitrogens with one attached hydrogen (secondary N) is 1. The summed E-state index contributed by atoms with van der Waals surface area (Å²) < 4.78 is 12.5. The molecule has 0 radical (unpaired) electrons. The molecule has 0 atom stereocenters. The lowest BCUT2D eigenvalue weighted by molar-refractivity contribution is -0.116. The molecule has 0 aliphatic rings. The summed E-state index contributed by atoms with van der Waals surface area (Å²) in [5, 5.41) is 0.655. The van der Waals surface area contributed by atoms with Gasteiger partial charge in [0.25, 0.3) is 5.91 Å². The van der Waals surface area contributed by atoms with Crippen LogP contribution in [0, 0.1) is 3.57 Å². The zero-order valence-electron chi connectivity index (χ0n) is 13.6. The largest absolute Gasteiger partial charge is 0.490 e. The molecule has 0 heterocycles. The summed E-state index contributed by atoms with van der Waals surface area (Å²) >= 11 is 8.34. The van der Waals surface area contributed by atoms with Crippen LogP contribution in [0.15, 0.2) is 42.5 Å². The third-order valence-corrected chi connectivity index (χ3v) is 4.40. The minimum absolute atomic E-state index is 0.334. The van der Waals surface area contributed by atoms with E-state index in [1.807, 2.05) is 48.7 Å². The second kappa shape index (κ2) is 9.65. The molecule has 7 heteroatoms. The standard InChI is InChI=1S/C18H18ClIN2O3/c1-2-24-16-10-12(7-8-17(23)22-21)9-15(20)18(16)25-11-13-5-3-4-6-14(13)19/h3-10H,2,11,21H2,1H3,(H,22,23)/b8-7+. The number of rotatable bonds is 7. The van der Waals surface area contributed by atoms with Crippen molar-refractivity contribution in [2.24, 2.45) is 5.84 Å². The molecule has 2 rings (SSSR count). The van der Waals surface area contributed by atoms with Gasteiger partial charge in [0, 0.05) is 16.7 Å². The van der Waals surface area contributed by atoms with E-state index in [9.17, 15) is 4.79 Å². The second-order valence-corrected chi connectivity index (χ2v) is 6.55. The van der Waals surface area contributed by atoms with Crippen LogP contribution in [0.25, 0.3) is 6.08 Å². The number of nitrogens with two attached hydrogens (primary N) is 1. The number of hydrogen-bond donors (Lipinski definition) is 2. The number of carbonyl (C=O) groups is 1. The van der Waals surface area contributed by atoms with Crippen molar-refractivity contribution in [3.63, 3.8) is 0 Å². The predicted octanol–water partition coefficient (Wildman–Crippen LogP) is 3.93. The van der Waals surface area contributed by atoms with E-state index < -0.39 is 0 Å². The fourth-order valence-electron chi connectivity index (χ4n) is 2.07. The Kier molecular flexibility index (Phi) is 7.54. The van der Waals surface area contributed by atoms with Gasteiger partial charge in [0.2, 0.25) is 0 Å². The summed E-state index contributed by atoms with van der Waals surface area (Å²) in [4.78, 5) is 11.2. The Hall–Kier alpha value is -1.77. The van der Waals surface area contributed by atoms with E-state index in [2.05, 4.69) is 22.6 Å². The minimum atomic E-state index is -0.382. The van der Waals surface area contributed by atoms with Gasteiger partial charge in [0.1, 0.15) is 6.61 Å². The van der Waals surface area contributed by atoms with E-state index in [0.717, 1.165) is 14.7 Å². The molecule has 25 heavy (non-hydrogen) atoms. The maximum atomic E-state index is 11.2. The van der Waals surface area contributed by atoms with Gasteiger partial charge in [-0.3, -0.25) is 10.2 Å². The quantitative estimate of drug-likeness (QED) is 0.211. The van der Waals surface area contributed by atoms with Crippen molar-refractivity contribution in [2.75, 3.05) is 6.61 Å². The Morgan fingerprint density at radius 1 is 1.32 bits per heavy atom. The molecule has 0 aliphatic carbocycles. The van der Waals surface area contributed by atoms with E-state index in [4.69, 9.17) is 26.9 Å². The first kappa shape index (κ1) is 19.6. The highest BCUT2D eigenvalue weighted by atomic mass is 127. The van der Waals surface area contributed by atoms with Crippen LogP contribution in [-0.2, 0) is 11.4 Å². The van der Waals surface area contributed by atoms with Crippen LogP contribution in [0.1, 0.15) is 18.1 Å². The third-order valence-electron chi connectivity index (χ3n) is 3.23. The van der Waals surface area contributed by atoms with Crippen molar-refractivity contribution >= 4 is 46.2 Å². The number of carbonyl (C=O) groups excluding carboxylic acids is 1. The summed E-state index contributed by atoms with van der Waals surface area (Å²) in [7, 11) is 0. The van der Waals surface area contributed by atoms with Gasteiger partial charge < -0.3 is 9.47 Å². The van der Waals surface area contributed by atoms with Crippen LogP contribution >= 0.6 is 34.2 Å². The zero-order chi connectivity index (χ0) is 18.2. The molecule has 2 aromatic rings. The molecule has 0 fully saturated rings. The van der Waals surface area contributed by atoms with Crippen LogP contribution in [0.5, 0.6) is 11.5 Å². The molecular weight excluding hydrogens is 455 g/mol. The van der Waals surface area contributed by atoms with Gasteiger partial charge in [-0.15, -0.1) is 0 Å². The average molecular weight is 473 g/mol. The minimum Gasteiger partial charge on any atom is -0.490 e. The highest BCUT2D eigenvalue weighted by Gasteiger charge is 2.12. The molecule has 0 bridgehead atoms. The maximum Gasteiger partial charge on any atom is 0.257 e. The molecule has 5 nitrogen and oxygen atoms in total. The maximum absolute atomic E-state index is 11.2. The van der Waals surface area contributed by atoms with Crippen LogP contribution < -0.4 is 20.7 Å². The van der Waals surface area contributed by atoms with Gasteiger partial charge in [-0.25, -0.2) is 5.84 Å². The molecule has 0 aromatic heterocycles. The molecule has 0 spiro atoms. The summed E-state index contributed by atoms with van der Waals surface area (Å²) in [6.07, 6.45) is 3.01. The molecule has 0 saturated carbocycles. The Balaban J connectivity index is 2.26. The van der Waals surface area contributed by atoms with E-state index in [0.29, 0.717) is 29.7 Å². The zero-order valence-corrected chi connectivity index (χ0v) is 16.5. The van der Waals surface area contributed by atoms with Gasteiger partial charge in [0.15, 0.2) is 11.5 Å². The molecule has 3 N–H and O–H groups in total. The van der Waals surface area contributed by atoms with E-state index in [-0.39, 0.29) is 5.91 Å². The molecular formula is C18H18ClIN2O3. The second-order valence-electron chi connectivity index (χ2n) is 4.99. The number of amides is 1. The molecule has 1 amide bonds. The van der Waals surface area contributed by atoms with Crippen LogP contribution in [-0.4, -0.2) is 12.5 Å². The molecule has 0 unspecified atom stereocenters. The van der Waals surface area contributed by atoms with Gasteiger partial charge in [0.05, 0.1) is 10.2 Å². The molecule has 132 valence electrons. The molecule has 0 aliphatic heterocycles. The first-order valence-corrected chi connectivity index (χ1v) is 9.02. The smallest absolute Gasteiger partial charge is 0.257 e. The fraction of sp³-hybridized carbons (Fsp3) is 0.167. The molecule has 2 aromatic carbocycles. The van der Waals surface area contributed by atoms with Gasteiger partial charge in [-0.1, -0.05) is 29.8 Å². The Bertz CT molecular complexity index is 781. The number of hydrazine groups is 1. The molecule has 0 saturated heterocycles. The van der Waals surface area contributed by atoms with Crippen molar-refractivity contribution in [3.05, 3.63) is 62.2 Å². The summed E-state index contributed by atoms with van der Waals surface area (Å²) in [5.41, 5.74) is 3.75. The fourth-order valence-corrected chi connectivity index (χ4v) is 3.04. The summed E-state index contributed by atoms with van der Waals surface area (Å²) in [6.45, 7) is 2.73. The van der Waals surface area contributed by atoms with Gasteiger partial charge in [-0.05, 0) is 59.4 Å². The van der Waals surface area contributed by atoms with Crippen molar-refractivity contribution in [1.29, 1.82) is 0 Å². The first-order valence-electron chi connectivity index (χ1n) is 7.56. The lowest BCUT2D eigenvalue weighted by atomic mass is 10.2. The number of hydrogen-bond acceptors (Lipinski definition) is 4. The Labute approximate surface area is 165 Å². The van der Waals surface area contributed by atoms with Crippen molar-refractivity contribution in [3.8, 4) is 11.5 Å². The highest BCUT2D eigenvalue weighted by molar-refractivity contribution is 14.1. The lowest BCUT2D eigenvalue weighted by Gasteiger charge is -2.15. The lowest BCUT2D eigenvalue weighted by Crippen LogP contribution is -2.27. The SMILES string of the molecule is CCOc1cc(/C=C/C(=O)NN)cc(I)c1OCc1ccccc1Cl. The van der Waals surface area contributed by atoms with Crippen LogP contribution in [0.2, 0.25) is 5.02 Å². The van der Waals surface area contributed by atoms with E-state index in [1.165, 1.54) is 6.08 Å². The average Bonchev–Trinajstić information content (AvgIpc) is 2.60. The first-order chi connectivity index (χ1) is 12.0. The Morgan fingerprint density at radius 2 is 2.08 bits per heavy atom. The van der Waals surface area contributed by atoms with Crippen molar-refractivity contribution in [2.45, 2.75) is 13.5 Å². The summed E-state index contributed by atoms with van der Waals surface area (Å²) in [6, 6.07) is 11.2. The number of ether oxygens (including phenoxy) is 2. The number of benzene rings is 2. The van der Waals surface area contributed by atoms with Crippen LogP contribution in [0.4, 0.5) is 0 Å². The monoisotopic (exact) mass is 472 g/mol. The van der Waals surface area contributed by atoms with Crippen LogP contribution in [0.3, 0.4) is 0 Å². The van der Waals surface area contributed by atoms with Gasteiger partial charge >= 0.3 is 0 Å². The normalized spacial score (nSPS) is 10.7. The topological polar surface area (TPSA) is 73.6 Å². The van der Waals surface area contributed by atoms with E-state index >= 15 is 0 Å². The van der Waals surface area contributed by atoms with Crippen molar-refractivity contribution in [1.82, 2.24) is 5.43 Å². The van der Waals surface area contributed by atoms with E-state index in [1.54, 1.807) is 6.08 Å². The van der Waals surface area contributed by atoms with Crippen molar-refractivity contribution < 1.29 is 14.3 Å². The third kappa shape index (κ3) is 5.62. The summed E-state index contributed by atoms with van der Waals surface area (Å²) in [5.74, 6) is 5.93. The predicted molar refractivity (Wildman–Crippen MR) is 107 cm³/mol. The van der Waals surface area contributed by atoms with Gasteiger partial charge in [-0.2, -0.15) is 0 Å². The number of halogens is 2. The Morgan fingerprint density at radius 3 is 2.76 bits per heavy atom.